The number of nitrogens with one attached hydrogen (secondary N) is 3. The highest BCUT2D eigenvalue weighted by Gasteiger charge is 2.12. The zero-order valence-corrected chi connectivity index (χ0v) is 10.1. The molecule has 0 spiro atoms. The van der Waals surface area contributed by atoms with Crippen molar-refractivity contribution in [2.24, 2.45) is 5.73 Å². The average molecular weight is 243 g/mol. The molecule has 1 aliphatic rings. The Bertz CT molecular complexity index is 268. The maximum absolute atomic E-state index is 9.00. The van der Waals surface area contributed by atoms with Gasteiger partial charge in [-0.2, -0.15) is 0 Å². The topological polar surface area (TPSA) is 126 Å². The van der Waals surface area contributed by atoms with E-state index in [4.69, 9.17) is 26.5 Å². The summed E-state index contributed by atoms with van der Waals surface area (Å²) >= 11 is 0. The van der Waals surface area contributed by atoms with Gasteiger partial charge in [-0.3, -0.25) is 20.9 Å². The third-order valence-corrected chi connectivity index (χ3v) is 2.18. The Morgan fingerprint density at radius 1 is 1.24 bits per heavy atom. The number of aliphatic carboxylic acids is 1. The monoisotopic (exact) mass is 243 g/mol. The summed E-state index contributed by atoms with van der Waals surface area (Å²) in [6.07, 6.45) is 4.73. The van der Waals surface area contributed by atoms with Crippen molar-refractivity contribution >= 4 is 17.9 Å². The number of carbonyl (C=O) groups is 1. The normalized spacial score (nSPS) is 15.0. The highest BCUT2D eigenvalue weighted by Crippen LogP contribution is 2.08. The molecule has 0 aliphatic carbocycles. The SMILES string of the molecule is CC(=O)O.N=C(N)NC(=N)N1CCCCCC1. The molecule has 0 aromatic heterocycles. The van der Waals surface area contributed by atoms with Crippen molar-refractivity contribution < 1.29 is 9.90 Å². The molecule has 0 aromatic rings. The van der Waals surface area contributed by atoms with Crippen LogP contribution in [0.15, 0.2) is 0 Å². The summed E-state index contributed by atoms with van der Waals surface area (Å²) in [5, 5.41) is 24.5. The Hall–Kier alpha value is -1.79. The van der Waals surface area contributed by atoms with Crippen LogP contribution in [0.1, 0.15) is 32.6 Å². The van der Waals surface area contributed by atoms with Crippen molar-refractivity contribution in [3.05, 3.63) is 0 Å². The first-order valence-corrected chi connectivity index (χ1v) is 5.57. The second-order valence-corrected chi connectivity index (χ2v) is 3.81. The fourth-order valence-corrected chi connectivity index (χ4v) is 1.50. The van der Waals surface area contributed by atoms with Crippen LogP contribution in [0.3, 0.4) is 0 Å². The van der Waals surface area contributed by atoms with E-state index in [1.807, 2.05) is 4.90 Å². The maximum atomic E-state index is 9.00. The van der Waals surface area contributed by atoms with Gasteiger partial charge in [0.2, 0.25) is 0 Å². The van der Waals surface area contributed by atoms with Crippen molar-refractivity contribution in [1.82, 2.24) is 10.2 Å². The summed E-state index contributed by atoms with van der Waals surface area (Å²) in [5.74, 6) is -0.733. The number of rotatable bonds is 0. The number of hydrogen-bond acceptors (Lipinski definition) is 3. The predicted octanol–water partition coefficient (Wildman–Crippen LogP) is 0.371. The molecule has 1 heterocycles. The van der Waals surface area contributed by atoms with E-state index in [1.54, 1.807) is 0 Å². The van der Waals surface area contributed by atoms with Crippen molar-refractivity contribution in [3.8, 4) is 0 Å². The largest absolute Gasteiger partial charge is 0.481 e. The minimum Gasteiger partial charge on any atom is -0.481 e. The van der Waals surface area contributed by atoms with Crippen LogP contribution in [-0.4, -0.2) is 41.0 Å². The quantitative estimate of drug-likeness (QED) is 0.310. The van der Waals surface area contributed by atoms with Gasteiger partial charge < -0.3 is 15.7 Å². The van der Waals surface area contributed by atoms with E-state index < -0.39 is 5.97 Å². The van der Waals surface area contributed by atoms with E-state index in [2.05, 4.69) is 5.32 Å². The Morgan fingerprint density at radius 3 is 2.00 bits per heavy atom. The molecular weight excluding hydrogens is 222 g/mol. The molecule has 0 aromatic carbocycles. The zero-order valence-electron chi connectivity index (χ0n) is 10.1. The van der Waals surface area contributed by atoms with E-state index in [-0.39, 0.29) is 11.9 Å². The lowest BCUT2D eigenvalue weighted by Crippen LogP contribution is -2.46. The second-order valence-electron chi connectivity index (χ2n) is 3.81. The lowest BCUT2D eigenvalue weighted by atomic mass is 10.2. The Morgan fingerprint density at radius 2 is 1.65 bits per heavy atom. The first kappa shape index (κ1) is 15.2. The van der Waals surface area contributed by atoms with Crippen molar-refractivity contribution in [2.75, 3.05) is 13.1 Å². The van der Waals surface area contributed by atoms with Gasteiger partial charge in [0.05, 0.1) is 0 Å². The van der Waals surface area contributed by atoms with Gasteiger partial charge in [0.15, 0.2) is 11.9 Å². The van der Waals surface area contributed by atoms with E-state index in [0.717, 1.165) is 32.9 Å². The first-order chi connectivity index (χ1) is 7.93. The molecule has 7 heteroatoms. The van der Waals surface area contributed by atoms with Crippen LogP contribution in [0.5, 0.6) is 0 Å². The van der Waals surface area contributed by atoms with Crippen LogP contribution in [0.2, 0.25) is 0 Å². The van der Waals surface area contributed by atoms with Gasteiger partial charge in [0, 0.05) is 20.0 Å². The fourth-order valence-electron chi connectivity index (χ4n) is 1.50. The lowest BCUT2D eigenvalue weighted by Gasteiger charge is -2.22. The fraction of sp³-hybridized carbons (Fsp3) is 0.700. The van der Waals surface area contributed by atoms with Gasteiger partial charge in [0.1, 0.15) is 0 Å². The zero-order chi connectivity index (χ0) is 13.3. The van der Waals surface area contributed by atoms with Gasteiger partial charge in [-0.1, -0.05) is 12.8 Å². The Kier molecular flexibility index (Phi) is 7.49. The third kappa shape index (κ3) is 9.16. The van der Waals surface area contributed by atoms with Gasteiger partial charge in [-0.15, -0.1) is 0 Å². The molecule has 1 saturated heterocycles. The summed E-state index contributed by atoms with van der Waals surface area (Å²) in [6, 6.07) is 0. The van der Waals surface area contributed by atoms with Crippen LogP contribution >= 0.6 is 0 Å². The average Bonchev–Trinajstić information content (AvgIpc) is 2.43. The molecule has 1 fully saturated rings. The van der Waals surface area contributed by atoms with Crippen molar-refractivity contribution in [1.29, 1.82) is 10.8 Å². The number of carboxylic acids is 1. The van der Waals surface area contributed by atoms with E-state index in [0.29, 0.717) is 0 Å². The van der Waals surface area contributed by atoms with Crippen LogP contribution in [0.25, 0.3) is 0 Å². The molecule has 98 valence electrons. The van der Waals surface area contributed by atoms with Crippen LogP contribution in [0.4, 0.5) is 0 Å². The molecule has 0 atom stereocenters. The molecule has 0 radical (unpaired) electrons. The third-order valence-electron chi connectivity index (χ3n) is 2.18. The van der Waals surface area contributed by atoms with Gasteiger partial charge >= 0.3 is 0 Å². The van der Waals surface area contributed by atoms with E-state index in [9.17, 15) is 0 Å². The van der Waals surface area contributed by atoms with Gasteiger partial charge in [-0.25, -0.2) is 0 Å². The molecule has 6 N–H and O–H groups in total. The highest BCUT2D eigenvalue weighted by atomic mass is 16.4. The minimum absolute atomic E-state index is 0.158. The predicted molar refractivity (Wildman–Crippen MR) is 66.1 cm³/mol. The molecular formula is C10H21N5O2. The van der Waals surface area contributed by atoms with Crippen LogP contribution < -0.4 is 11.1 Å². The van der Waals surface area contributed by atoms with Crippen LogP contribution in [0, 0.1) is 10.8 Å². The van der Waals surface area contributed by atoms with Crippen molar-refractivity contribution in [2.45, 2.75) is 32.6 Å². The Balaban J connectivity index is 0.000000557. The van der Waals surface area contributed by atoms with Crippen LogP contribution in [-0.2, 0) is 4.79 Å². The summed E-state index contributed by atoms with van der Waals surface area (Å²) in [7, 11) is 0. The number of nitrogens with two attached hydrogens (primary N) is 1. The van der Waals surface area contributed by atoms with Crippen molar-refractivity contribution in [3.63, 3.8) is 0 Å². The molecule has 1 aliphatic heterocycles. The summed E-state index contributed by atoms with van der Waals surface area (Å²) in [5.41, 5.74) is 5.14. The summed E-state index contributed by atoms with van der Waals surface area (Å²) in [6.45, 7) is 2.89. The smallest absolute Gasteiger partial charge is 0.300 e. The number of guanidine groups is 2. The molecule has 0 amide bonds. The van der Waals surface area contributed by atoms with E-state index in [1.165, 1.54) is 12.8 Å². The minimum atomic E-state index is -0.833. The van der Waals surface area contributed by atoms with E-state index >= 15 is 0 Å². The first-order valence-electron chi connectivity index (χ1n) is 5.57. The number of hydrogen-bond donors (Lipinski definition) is 5. The lowest BCUT2D eigenvalue weighted by molar-refractivity contribution is -0.134. The maximum Gasteiger partial charge on any atom is 0.300 e. The number of nitrogens with zero attached hydrogens (tertiary/aromatic N) is 1. The highest BCUT2D eigenvalue weighted by molar-refractivity contribution is 5.94. The molecule has 17 heavy (non-hydrogen) atoms. The number of likely N-dealkylation sites (tertiary alicyclic amines) is 1. The molecule has 0 saturated carbocycles. The molecule has 0 bridgehead atoms. The van der Waals surface area contributed by atoms with Gasteiger partial charge in [-0.05, 0) is 12.8 Å². The second kappa shape index (κ2) is 8.37. The molecule has 1 rings (SSSR count). The van der Waals surface area contributed by atoms with Gasteiger partial charge in [0.25, 0.3) is 5.97 Å². The standard InChI is InChI=1S/C8H17N5.C2H4O2/c9-7(10)12-8(11)13-5-3-1-2-4-6-13;1-2(3)4/h1-6H2,(H5,9,10,11,12);1H3,(H,3,4). The molecule has 0 unspecified atom stereocenters. The summed E-state index contributed by atoms with van der Waals surface area (Å²) < 4.78 is 0. The Labute approximate surface area is 101 Å². The molecule has 7 nitrogen and oxygen atoms in total. The summed E-state index contributed by atoms with van der Waals surface area (Å²) in [4.78, 5) is 10.9. The number of carboxylic acid groups (broad SMARTS) is 1.